The molecule has 108 valence electrons. The van der Waals surface area contributed by atoms with Gasteiger partial charge in [-0.2, -0.15) is 0 Å². The van der Waals surface area contributed by atoms with Gasteiger partial charge in [-0.15, -0.1) is 10.2 Å². The van der Waals surface area contributed by atoms with Crippen LogP contribution in [0.4, 0.5) is 0 Å². The SMILES string of the molecule is CC(C)N1CCCCC1Cc1nnc2c(Cl)cccn12. The molecule has 4 nitrogen and oxygen atoms in total. The molecule has 1 aliphatic rings. The second kappa shape index (κ2) is 5.70. The summed E-state index contributed by atoms with van der Waals surface area (Å²) < 4.78 is 2.02. The second-order valence-electron chi connectivity index (χ2n) is 5.85. The van der Waals surface area contributed by atoms with Crippen LogP contribution in [0, 0.1) is 0 Å². The zero-order valence-corrected chi connectivity index (χ0v) is 12.8. The van der Waals surface area contributed by atoms with Gasteiger partial charge in [-0.1, -0.05) is 18.0 Å². The van der Waals surface area contributed by atoms with Gasteiger partial charge in [0, 0.05) is 24.7 Å². The average molecular weight is 293 g/mol. The van der Waals surface area contributed by atoms with Gasteiger partial charge in [0.05, 0.1) is 5.02 Å². The van der Waals surface area contributed by atoms with E-state index in [2.05, 4.69) is 28.9 Å². The van der Waals surface area contributed by atoms with Gasteiger partial charge in [-0.3, -0.25) is 9.30 Å². The maximum absolute atomic E-state index is 6.16. The first kappa shape index (κ1) is 13.8. The lowest BCUT2D eigenvalue weighted by molar-refractivity contribution is 0.110. The molecule has 1 fully saturated rings. The van der Waals surface area contributed by atoms with Crippen LogP contribution in [0.2, 0.25) is 5.02 Å². The summed E-state index contributed by atoms with van der Waals surface area (Å²) in [5.74, 6) is 1.01. The number of hydrogen-bond donors (Lipinski definition) is 0. The van der Waals surface area contributed by atoms with Crippen LogP contribution >= 0.6 is 11.6 Å². The Morgan fingerprint density at radius 1 is 1.35 bits per heavy atom. The van der Waals surface area contributed by atoms with Crippen LogP contribution in [0.5, 0.6) is 0 Å². The summed E-state index contributed by atoms with van der Waals surface area (Å²) in [4.78, 5) is 2.59. The highest BCUT2D eigenvalue weighted by Gasteiger charge is 2.26. The van der Waals surface area contributed by atoms with E-state index in [4.69, 9.17) is 11.6 Å². The summed E-state index contributed by atoms with van der Waals surface area (Å²) in [6.45, 7) is 5.74. The molecule has 0 amide bonds. The first-order valence-electron chi connectivity index (χ1n) is 7.40. The Morgan fingerprint density at radius 2 is 2.20 bits per heavy atom. The molecular weight excluding hydrogens is 272 g/mol. The standard InChI is InChI=1S/C15H21ClN4/c1-11(2)19-8-4-3-6-12(19)10-14-17-18-15-13(16)7-5-9-20(14)15/h5,7,9,11-12H,3-4,6,8,10H2,1-2H3. The molecule has 0 spiro atoms. The molecule has 0 aliphatic carbocycles. The molecule has 1 saturated heterocycles. The van der Waals surface area contributed by atoms with Crippen molar-refractivity contribution in [2.75, 3.05) is 6.54 Å². The summed E-state index contributed by atoms with van der Waals surface area (Å²) in [5, 5.41) is 9.22. The minimum absolute atomic E-state index is 0.565. The van der Waals surface area contributed by atoms with Crippen molar-refractivity contribution >= 4 is 17.2 Å². The van der Waals surface area contributed by atoms with Crippen LogP contribution in [-0.2, 0) is 6.42 Å². The van der Waals surface area contributed by atoms with Crippen LogP contribution in [0.1, 0.15) is 38.9 Å². The topological polar surface area (TPSA) is 33.4 Å². The molecule has 1 unspecified atom stereocenters. The number of nitrogens with zero attached hydrogens (tertiary/aromatic N) is 4. The van der Waals surface area contributed by atoms with Crippen LogP contribution in [0.3, 0.4) is 0 Å². The third-order valence-electron chi connectivity index (χ3n) is 4.21. The Morgan fingerprint density at radius 3 is 3.00 bits per heavy atom. The van der Waals surface area contributed by atoms with E-state index in [1.807, 2.05) is 22.7 Å². The molecular formula is C15H21ClN4. The van der Waals surface area contributed by atoms with Crippen molar-refractivity contribution in [2.45, 2.75) is 51.6 Å². The van der Waals surface area contributed by atoms with Gasteiger partial charge < -0.3 is 0 Å². The number of piperidine rings is 1. The van der Waals surface area contributed by atoms with Crippen LogP contribution in [0.15, 0.2) is 18.3 Å². The average Bonchev–Trinajstić information content (AvgIpc) is 2.84. The van der Waals surface area contributed by atoms with E-state index >= 15 is 0 Å². The summed E-state index contributed by atoms with van der Waals surface area (Å²) in [5.41, 5.74) is 0.760. The Hall–Kier alpha value is -1.13. The van der Waals surface area contributed by atoms with Gasteiger partial charge in [0.2, 0.25) is 0 Å². The molecule has 3 rings (SSSR count). The van der Waals surface area contributed by atoms with E-state index in [0.717, 1.165) is 17.9 Å². The van der Waals surface area contributed by atoms with Gasteiger partial charge in [0.25, 0.3) is 0 Å². The molecule has 0 N–H and O–H groups in total. The van der Waals surface area contributed by atoms with E-state index in [0.29, 0.717) is 17.1 Å². The summed E-state index contributed by atoms with van der Waals surface area (Å²) in [6.07, 6.45) is 6.80. The predicted octanol–water partition coefficient (Wildman–Crippen LogP) is 3.19. The van der Waals surface area contributed by atoms with E-state index in [1.165, 1.54) is 25.8 Å². The Bertz CT molecular complexity index is 593. The summed E-state index contributed by atoms with van der Waals surface area (Å²) in [6, 6.07) is 4.96. The number of aromatic nitrogens is 3. The number of rotatable bonds is 3. The van der Waals surface area contributed by atoms with Crippen molar-refractivity contribution in [3.63, 3.8) is 0 Å². The lowest BCUT2D eigenvalue weighted by Crippen LogP contribution is -2.45. The number of pyridine rings is 1. The fraction of sp³-hybridized carbons (Fsp3) is 0.600. The molecule has 5 heteroatoms. The minimum Gasteiger partial charge on any atom is -0.298 e. The normalized spacial score (nSPS) is 20.9. The molecule has 20 heavy (non-hydrogen) atoms. The van der Waals surface area contributed by atoms with Crippen molar-refractivity contribution in [3.8, 4) is 0 Å². The number of fused-ring (bicyclic) bond motifs is 1. The highest BCUT2D eigenvalue weighted by molar-refractivity contribution is 6.33. The molecule has 3 heterocycles. The molecule has 0 saturated carbocycles. The van der Waals surface area contributed by atoms with E-state index in [1.54, 1.807) is 0 Å². The highest BCUT2D eigenvalue weighted by atomic mass is 35.5. The quantitative estimate of drug-likeness (QED) is 0.871. The van der Waals surface area contributed by atoms with Crippen molar-refractivity contribution in [3.05, 3.63) is 29.2 Å². The maximum atomic E-state index is 6.16. The molecule has 0 radical (unpaired) electrons. The molecule has 1 atom stereocenters. The number of likely N-dealkylation sites (tertiary alicyclic amines) is 1. The Labute approximate surface area is 124 Å². The zero-order chi connectivity index (χ0) is 14.1. The maximum Gasteiger partial charge on any atom is 0.179 e. The van der Waals surface area contributed by atoms with E-state index < -0.39 is 0 Å². The lowest BCUT2D eigenvalue weighted by Gasteiger charge is -2.38. The number of hydrogen-bond acceptors (Lipinski definition) is 3. The fourth-order valence-corrected chi connectivity index (χ4v) is 3.40. The number of halogens is 1. The minimum atomic E-state index is 0.565. The second-order valence-corrected chi connectivity index (χ2v) is 6.26. The fourth-order valence-electron chi connectivity index (χ4n) is 3.20. The van der Waals surface area contributed by atoms with Crippen molar-refractivity contribution < 1.29 is 0 Å². The Kier molecular flexibility index (Phi) is 3.94. The predicted molar refractivity (Wildman–Crippen MR) is 81.2 cm³/mol. The molecule has 2 aromatic rings. The van der Waals surface area contributed by atoms with Gasteiger partial charge in [0.15, 0.2) is 5.65 Å². The molecule has 1 aliphatic heterocycles. The third-order valence-corrected chi connectivity index (χ3v) is 4.51. The first-order chi connectivity index (χ1) is 9.66. The van der Waals surface area contributed by atoms with Crippen molar-refractivity contribution in [1.82, 2.24) is 19.5 Å². The summed E-state index contributed by atoms with van der Waals surface area (Å²) >= 11 is 6.16. The highest BCUT2D eigenvalue weighted by Crippen LogP contribution is 2.23. The van der Waals surface area contributed by atoms with Crippen molar-refractivity contribution in [1.29, 1.82) is 0 Å². The van der Waals surface area contributed by atoms with Crippen LogP contribution in [-0.4, -0.2) is 38.1 Å². The molecule has 2 aromatic heterocycles. The van der Waals surface area contributed by atoms with Crippen LogP contribution < -0.4 is 0 Å². The van der Waals surface area contributed by atoms with Crippen molar-refractivity contribution in [2.24, 2.45) is 0 Å². The van der Waals surface area contributed by atoms with Gasteiger partial charge >= 0.3 is 0 Å². The van der Waals surface area contributed by atoms with Gasteiger partial charge in [-0.05, 0) is 45.4 Å². The third kappa shape index (κ3) is 2.54. The summed E-state index contributed by atoms with van der Waals surface area (Å²) in [7, 11) is 0. The first-order valence-corrected chi connectivity index (χ1v) is 7.78. The largest absolute Gasteiger partial charge is 0.298 e. The molecule has 0 bridgehead atoms. The van der Waals surface area contributed by atoms with Crippen LogP contribution in [0.25, 0.3) is 5.65 Å². The zero-order valence-electron chi connectivity index (χ0n) is 12.1. The monoisotopic (exact) mass is 292 g/mol. The van der Waals surface area contributed by atoms with Gasteiger partial charge in [-0.25, -0.2) is 0 Å². The molecule has 0 aromatic carbocycles. The van der Waals surface area contributed by atoms with E-state index in [9.17, 15) is 0 Å². The van der Waals surface area contributed by atoms with E-state index in [-0.39, 0.29) is 0 Å². The Balaban J connectivity index is 1.86. The van der Waals surface area contributed by atoms with Gasteiger partial charge in [0.1, 0.15) is 5.82 Å². The lowest BCUT2D eigenvalue weighted by atomic mass is 9.97. The smallest absolute Gasteiger partial charge is 0.179 e.